The van der Waals surface area contributed by atoms with Gasteiger partial charge in [0.25, 0.3) is 0 Å². The van der Waals surface area contributed by atoms with Gasteiger partial charge in [-0.3, -0.25) is 0 Å². The molecule has 0 saturated heterocycles. The van der Waals surface area contributed by atoms with E-state index in [9.17, 15) is 0 Å². The lowest BCUT2D eigenvalue weighted by molar-refractivity contribution is 0.400. The summed E-state index contributed by atoms with van der Waals surface area (Å²) >= 11 is 0. The zero-order chi connectivity index (χ0) is 8.48. The molecule has 1 heterocycles. The topological polar surface area (TPSA) is 43.6 Å². The van der Waals surface area contributed by atoms with E-state index >= 15 is 0 Å². The molecule has 0 unspecified atom stereocenters. The summed E-state index contributed by atoms with van der Waals surface area (Å²) in [7, 11) is 1.78. The molecule has 62 valence electrons. The van der Waals surface area contributed by atoms with Crippen molar-refractivity contribution >= 4 is 0 Å². The second-order valence-electron chi connectivity index (χ2n) is 3.93. The quantitative estimate of drug-likeness (QED) is 0.601. The molecule has 0 aromatic carbocycles. The molecule has 0 bridgehead atoms. The third-order valence-electron chi connectivity index (χ3n) is 1.24. The Labute approximate surface area is 66.6 Å². The van der Waals surface area contributed by atoms with E-state index in [1.807, 2.05) is 0 Å². The van der Waals surface area contributed by atoms with Gasteiger partial charge < -0.3 is 0 Å². The summed E-state index contributed by atoms with van der Waals surface area (Å²) in [6.07, 6.45) is 0.876. The molecule has 0 spiro atoms. The van der Waals surface area contributed by atoms with Gasteiger partial charge >= 0.3 is 0 Å². The molecule has 0 fully saturated rings. The number of tetrazole rings is 1. The minimum Gasteiger partial charge on any atom is -0.167 e. The molecule has 11 heavy (non-hydrogen) atoms. The van der Waals surface area contributed by atoms with E-state index in [0.29, 0.717) is 0 Å². The van der Waals surface area contributed by atoms with Crippen LogP contribution in [0.4, 0.5) is 0 Å². The maximum Gasteiger partial charge on any atom is 0.175 e. The fourth-order valence-electron chi connectivity index (χ4n) is 0.868. The molecule has 0 aliphatic carbocycles. The first-order valence-corrected chi connectivity index (χ1v) is 3.70. The van der Waals surface area contributed by atoms with Gasteiger partial charge in [0.05, 0.1) is 7.05 Å². The number of hydrogen-bond donors (Lipinski definition) is 0. The number of hydrogen-bond acceptors (Lipinski definition) is 3. The second-order valence-corrected chi connectivity index (χ2v) is 3.93. The molecule has 0 aliphatic heterocycles. The Morgan fingerprint density at radius 1 is 1.36 bits per heavy atom. The van der Waals surface area contributed by atoms with Crippen LogP contribution in [0.3, 0.4) is 0 Å². The molecular weight excluding hydrogens is 140 g/mol. The van der Waals surface area contributed by atoms with E-state index in [1.165, 1.54) is 4.80 Å². The fourth-order valence-corrected chi connectivity index (χ4v) is 0.868. The van der Waals surface area contributed by atoms with E-state index in [0.717, 1.165) is 12.2 Å². The molecule has 0 saturated carbocycles. The molecule has 4 heteroatoms. The van der Waals surface area contributed by atoms with E-state index in [4.69, 9.17) is 0 Å². The lowest BCUT2D eigenvalue weighted by Crippen LogP contribution is -2.10. The van der Waals surface area contributed by atoms with Crippen molar-refractivity contribution in [1.29, 1.82) is 0 Å². The Kier molecular flexibility index (Phi) is 1.93. The van der Waals surface area contributed by atoms with Gasteiger partial charge in [-0.1, -0.05) is 20.8 Å². The van der Waals surface area contributed by atoms with Crippen molar-refractivity contribution in [3.63, 3.8) is 0 Å². The van der Waals surface area contributed by atoms with Crippen LogP contribution >= 0.6 is 0 Å². The zero-order valence-electron chi connectivity index (χ0n) is 7.50. The van der Waals surface area contributed by atoms with Crippen molar-refractivity contribution in [3.8, 4) is 0 Å². The first-order valence-electron chi connectivity index (χ1n) is 3.70. The second kappa shape index (κ2) is 2.60. The van der Waals surface area contributed by atoms with Gasteiger partial charge in [-0.15, -0.1) is 10.2 Å². The number of aromatic nitrogens is 4. The fraction of sp³-hybridized carbons (Fsp3) is 0.857. The molecule has 0 N–H and O–H groups in total. The SMILES string of the molecule is Cn1nnc(CC(C)(C)C)n1. The highest BCUT2D eigenvalue weighted by molar-refractivity contribution is 4.83. The first-order chi connectivity index (χ1) is 4.97. The molecule has 1 aromatic rings. The number of aryl methyl sites for hydroxylation is 1. The van der Waals surface area contributed by atoms with Crippen molar-refractivity contribution < 1.29 is 0 Å². The Morgan fingerprint density at radius 3 is 2.36 bits per heavy atom. The minimum absolute atomic E-state index is 0.239. The van der Waals surface area contributed by atoms with E-state index in [2.05, 4.69) is 36.2 Å². The van der Waals surface area contributed by atoms with Crippen LogP contribution in [0.15, 0.2) is 0 Å². The van der Waals surface area contributed by atoms with Crippen LogP contribution in [0, 0.1) is 5.41 Å². The van der Waals surface area contributed by atoms with Crippen molar-refractivity contribution in [1.82, 2.24) is 20.2 Å². The highest BCUT2D eigenvalue weighted by Gasteiger charge is 2.14. The van der Waals surface area contributed by atoms with Gasteiger partial charge in [-0.05, 0) is 10.6 Å². The molecule has 0 amide bonds. The maximum atomic E-state index is 4.09. The van der Waals surface area contributed by atoms with Crippen molar-refractivity contribution in [2.45, 2.75) is 27.2 Å². The van der Waals surface area contributed by atoms with E-state index in [-0.39, 0.29) is 5.41 Å². The number of rotatable bonds is 1. The monoisotopic (exact) mass is 154 g/mol. The zero-order valence-corrected chi connectivity index (χ0v) is 7.50. The summed E-state index contributed by atoms with van der Waals surface area (Å²) in [6.45, 7) is 6.47. The normalized spacial score (nSPS) is 12.0. The van der Waals surface area contributed by atoms with Gasteiger partial charge in [0.15, 0.2) is 5.82 Å². The predicted octanol–water partition coefficient (Wildman–Crippen LogP) is 0.799. The van der Waals surface area contributed by atoms with Crippen molar-refractivity contribution in [3.05, 3.63) is 5.82 Å². The molecule has 0 aliphatic rings. The first kappa shape index (κ1) is 8.17. The Hall–Kier alpha value is -0.930. The minimum atomic E-state index is 0.239. The summed E-state index contributed by atoms with van der Waals surface area (Å²) in [6, 6.07) is 0. The van der Waals surface area contributed by atoms with Gasteiger partial charge in [0.2, 0.25) is 0 Å². The summed E-state index contributed by atoms with van der Waals surface area (Å²) in [5.74, 6) is 0.819. The standard InChI is InChI=1S/C7H14N4/c1-7(2,3)5-6-8-10-11(4)9-6/h5H2,1-4H3. The highest BCUT2D eigenvalue weighted by atomic mass is 15.6. The van der Waals surface area contributed by atoms with Gasteiger partial charge in [-0.25, -0.2) is 0 Å². The molecular formula is C7H14N4. The van der Waals surface area contributed by atoms with Gasteiger partial charge in [-0.2, -0.15) is 4.80 Å². The van der Waals surface area contributed by atoms with Crippen LogP contribution in [0.1, 0.15) is 26.6 Å². The maximum absolute atomic E-state index is 4.09. The lowest BCUT2D eigenvalue weighted by atomic mass is 9.92. The summed E-state index contributed by atoms with van der Waals surface area (Å²) < 4.78 is 0. The van der Waals surface area contributed by atoms with Crippen LogP contribution < -0.4 is 0 Å². The summed E-state index contributed by atoms with van der Waals surface area (Å²) in [4.78, 5) is 1.49. The predicted molar refractivity (Wildman–Crippen MR) is 42.0 cm³/mol. The van der Waals surface area contributed by atoms with Crippen LogP contribution in [0.2, 0.25) is 0 Å². The lowest BCUT2D eigenvalue weighted by Gasteiger charge is -2.14. The number of nitrogens with zero attached hydrogens (tertiary/aromatic N) is 4. The van der Waals surface area contributed by atoms with Crippen LogP contribution in [0.25, 0.3) is 0 Å². The van der Waals surface area contributed by atoms with E-state index in [1.54, 1.807) is 7.05 Å². The molecule has 1 aromatic heterocycles. The van der Waals surface area contributed by atoms with Crippen LogP contribution in [-0.4, -0.2) is 20.2 Å². The van der Waals surface area contributed by atoms with Crippen molar-refractivity contribution in [2.75, 3.05) is 0 Å². The smallest absolute Gasteiger partial charge is 0.167 e. The van der Waals surface area contributed by atoms with E-state index < -0.39 is 0 Å². The van der Waals surface area contributed by atoms with Crippen molar-refractivity contribution in [2.24, 2.45) is 12.5 Å². The molecule has 4 nitrogen and oxygen atoms in total. The highest BCUT2D eigenvalue weighted by Crippen LogP contribution is 2.17. The molecule has 1 rings (SSSR count). The van der Waals surface area contributed by atoms with Crippen LogP contribution in [0.5, 0.6) is 0 Å². The summed E-state index contributed by atoms with van der Waals surface area (Å²) in [5, 5.41) is 11.7. The summed E-state index contributed by atoms with van der Waals surface area (Å²) in [5.41, 5.74) is 0.239. The average Bonchev–Trinajstić information content (AvgIpc) is 2.10. The Morgan fingerprint density at radius 2 is 2.00 bits per heavy atom. The third kappa shape index (κ3) is 2.65. The third-order valence-corrected chi connectivity index (χ3v) is 1.24. The Bertz CT molecular complexity index is 233. The average molecular weight is 154 g/mol. The largest absolute Gasteiger partial charge is 0.175 e. The Balaban J connectivity index is 2.65. The molecule has 0 atom stereocenters. The van der Waals surface area contributed by atoms with Crippen LogP contribution in [-0.2, 0) is 13.5 Å². The van der Waals surface area contributed by atoms with Gasteiger partial charge in [0, 0.05) is 6.42 Å². The molecule has 0 radical (unpaired) electrons. The van der Waals surface area contributed by atoms with Gasteiger partial charge in [0.1, 0.15) is 0 Å².